The van der Waals surface area contributed by atoms with Crippen molar-refractivity contribution < 1.29 is 27.9 Å². The Kier molecular flexibility index (Phi) is 5.88. The molecule has 2 N–H and O–H groups in total. The van der Waals surface area contributed by atoms with Crippen molar-refractivity contribution in [2.24, 2.45) is 0 Å². The molecule has 1 aromatic rings. The number of hydrogen-bond donors (Lipinski definition) is 2. The standard InChI is InChI=1S/C17H25N3O6S/c1-17(2,3)26-16(23)19(4)11-15(22)18-13-10-12(6-7-14(13)21)20-8-5-9-27(20,24)25/h6-7,10,21H,5,8-9,11H2,1-4H3,(H,18,22). The van der Waals surface area contributed by atoms with Crippen molar-refractivity contribution in [3.63, 3.8) is 0 Å². The Morgan fingerprint density at radius 3 is 2.56 bits per heavy atom. The van der Waals surface area contributed by atoms with Crippen LogP contribution in [0.2, 0.25) is 0 Å². The van der Waals surface area contributed by atoms with Gasteiger partial charge in [0.15, 0.2) is 0 Å². The van der Waals surface area contributed by atoms with Crippen LogP contribution in [0.4, 0.5) is 16.2 Å². The number of amides is 2. The maximum Gasteiger partial charge on any atom is 0.410 e. The van der Waals surface area contributed by atoms with E-state index in [-0.39, 0.29) is 23.7 Å². The summed E-state index contributed by atoms with van der Waals surface area (Å²) in [5.41, 5.74) is -0.256. The van der Waals surface area contributed by atoms with E-state index in [4.69, 9.17) is 4.74 Å². The number of carbonyl (C=O) groups is 2. The van der Waals surface area contributed by atoms with E-state index in [9.17, 15) is 23.1 Å². The molecule has 1 aromatic carbocycles. The number of aromatic hydroxyl groups is 1. The minimum Gasteiger partial charge on any atom is -0.506 e. The fraction of sp³-hybridized carbons (Fsp3) is 0.529. The number of nitrogens with zero attached hydrogens (tertiary/aromatic N) is 2. The SMILES string of the molecule is CN(CC(=O)Nc1cc(N2CCCS2(=O)=O)ccc1O)C(=O)OC(C)(C)C. The Bertz CT molecular complexity index is 832. The van der Waals surface area contributed by atoms with E-state index in [2.05, 4.69) is 5.32 Å². The number of phenols is 1. The van der Waals surface area contributed by atoms with Crippen LogP contribution in [0.1, 0.15) is 27.2 Å². The molecule has 0 spiro atoms. The Hall–Kier alpha value is -2.49. The summed E-state index contributed by atoms with van der Waals surface area (Å²) in [5, 5.41) is 12.5. The third kappa shape index (κ3) is 5.49. The number of carbonyl (C=O) groups excluding carboxylic acids is 2. The normalized spacial score (nSPS) is 16.1. The van der Waals surface area contributed by atoms with Crippen LogP contribution in [0.3, 0.4) is 0 Å². The number of hydrogen-bond acceptors (Lipinski definition) is 6. The predicted octanol–water partition coefficient (Wildman–Crippen LogP) is 1.74. The molecule has 2 rings (SSSR count). The third-order valence-electron chi connectivity index (χ3n) is 3.73. The van der Waals surface area contributed by atoms with Crippen molar-refractivity contribution in [3.05, 3.63) is 18.2 Å². The lowest BCUT2D eigenvalue weighted by Gasteiger charge is -2.24. The highest BCUT2D eigenvalue weighted by molar-refractivity contribution is 7.93. The number of sulfonamides is 1. The highest BCUT2D eigenvalue weighted by atomic mass is 32.2. The van der Waals surface area contributed by atoms with Crippen LogP contribution in [0, 0.1) is 0 Å². The predicted molar refractivity (Wildman–Crippen MR) is 101 cm³/mol. The first-order valence-corrected chi connectivity index (χ1v) is 10.1. The van der Waals surface area contributed by atoms with Gasteiger partial charge in [-0.15, -0.1) is 0 Å². The first kappa shape index (κ1) is 20.8. The second kappa shape index (κ2) is 7.63. The molecule has 2 amide bonds. The molecule has 27 heavy (non-hydrogen) atoms. The van der Waals surface area contributed by atoms with Gasteiger partial charge < -0.3 is 20.1 Å². The van der Waals surface area contributed by atoms with Gasteiger partial charge in [-0.05, 0) is 45.4 Å². The van der Waals surface area contributed by atoms with Crippen LogP contribution >= 0.6 is 0 Å². The minimum atomic E-state index is -3.38. The summed E-state index contributed by atoms with van der Waals surface area (Å²) in [7, 11) is -1.96. The van der Waals surface area contributed by atoms with Crippen molar-refractivity contribution in [2.45, 2.75) is 32.8 Å². The van der Waals surface area contributed by atoms with Gasteiger partial charge in [-0.3, -0.25) is 9.10 Å². The van der Waals surface area contributed by atoms with Crippen molar-refractivity contribution in [1.29, 1.82) is 0 Å². The van der Waals surface area contributed by atoms with Gasteiger partial charge in [0.2, 0.25) is 15.9 Å². The molecule has 1 aliphatic heterocycles. The van der Waals surface area contributed by atoms with E-state index in [1.807, 2.05) is 0 Å². The molecule has 9 nitrogen and oxygen atoms in total. The topological polar surface area (TPSA) is 116 Å². The number of likely N-dealkylation sites (N-methyl/N-ethyl adjacent to an activating group) is 1. The van der Waals surface area contributed by atoms with Gasteiger partial charge in [0.25, 0.3) is 0 Å². The number of phenolic OH excluding ortho intramolecular Hbond substituents is 1. The summed E-state index contributed by atoms with van der Waals surface area (Å²) in [4.78, 5) is 25.2. The van der Waals surface area contributed by atoms with E-state index >= 15 is 0 Å². The highest BCUT2D eigenvalue weighted by Gasteiger charge is 2.29. The lowest BCUT2D eigenvalue weighted by atomic mass is 10.2. The average Bonchev–Trinajstić information content (AvgIpc) is 2.87. The maximum atomic E-state index is 12.2. The van der Waals surface area contributed by atoms with E-state index in [1.54, 1.807) is 20.8 Å². The van der Waals surface area contributed by atoms with E-state index in [0.717, 1.165) is 4.90 Å². The van der Waals surface area contributed by atoms with Crippen LogP contribution in [0.25, 0.3) is 0 Å². The average molecular weight is 399 g/mol. The van der Waals surface area contributed by atoms with Crippen molar-refractivity contribution >= 4 is 33.4 Å². The molecule has 0 aromatic heterocycles. The Morgan fingerprint density at radius 1 is 1.33 bits per heavy atom. The molecule has 1 heterocycles. The van der Waals surface area contributed by atoms with E-state index < -0.39 is 27.6 Å². The molecule has 0 atom stereocenters. The molecule has 1 saturated heterocycles. The lowest BCUT2D eigenvalue weighted by molar-refractivity contribution is -0.117. The molecule has 0 aliphatic carbocycles. The molecule has 0 unspecified atom stereocenters. The molecular formula is C17H25N3O6S. The smallest absolute Gasteiger partial charge is 0.410 e. The second-order valence-corrected chi connectivity index (χ2v) is 9.34. The summed E-state index contributed by atoms with van der Waals surface area (Å²) in [6, 6.07) is 4.18. The molecule has 0 bridgehead atoms. The van der Waals surface area contributed by atoms with Gasteiger partial charge in [-0.1, -0.05) is 0 Å². The summed E-state index contributed by atoms with van der Waals surface area (Å²) < 4.78 is 30.5. The van der Waals surface area contributed by atoms with E-state index in [1.165, 1.54) is 29.6 Å². The lowest BCUT2D eigenvalue weighted by Crippen LogP contribution is -2.38. The van der Waals surface area contributed by atoms with Gasteiger partial charge in [0.1, 0.15) is 17.9 Å². The zero-order valence-electron chi connectivity index (χ0n) is 15.9. The third-order valence-corrected chi connectivity index (χ3v) is 5.60. The van der Waals surface area contributed by atoms with Crippen molar-refractivity contribution in [2.75, 3.05) is 35.5 Å². The minimum absolute atomic E-state index is 0.0657. The summed E-state index contributed by atoms with van der Waals surface area (Å²) >= 11 is 0. The van der Waals surface area contributed by atoms with Gasteiger partial charge in [0, 0.05) is 13.6 Å². The maximum absolute atomic E-state index is 12.2. The van der Waals surface area contributed by atoms with Gasteiger partial charge in [-0.25, -0.2) is 13.2 Å². The zero-order valence-corrected chi connectivity index (χ0v) is 16.7. The fourth-order valence-corrected chi connectivity index (χ4v) is 4.07. The Labute approximate surface area is 159 Å². The molecule has 10 heteroatoms. The number of benzene rings is 1. The second-order valence-electron chi connectivity index (χ2n) is 7.33. The summed E-state index contributed by atoms with van der Waals surface area (Å²) in [6.07, 6.45) is -0.134. The van der Waals surface area contributed by atoms with Crippen LogP contribution < -0.4 is 9.62 Å². The molecule has 0 saturated carbocycles. The van der Waals surface area contributed by atoms with Crippen LogP contribution in [0.15, 0.2) is 18.2 Å². The molecule has 1 fully saturated rings. The molecule has 1 aliphatic rings. The number of nitrogens with one attached hydrogen (secondary N) is 1. The van der Waals surface area contributed by atoms with Crippen LogP contribution in [-0.4, -0.2) is 61.9 Å². The molecule has 150 valence electrons. The summed E-state index contributed by atoms with van der Waals surface area (Å²) in [6.45, 7) is 5.21. The molecular weight excluding hydrogens is 374 g/mol. The van der Waals surface area contributed by atoms with Gasteiger partial charge >= 0.3 is 6.09 Å². The molecule has 0 radical (unpaired) electrons. The largest absolute Gasteiger partial charge is 0.506 e. The van der Waals surface area contributed by atoms with Crippen LogP contribution in [-0.2, 0) is 19.6 Å². The number of anilines is 2. The van der Waals surface area contributed by atoms with Gasteiger partial charge in [0.05, 0.1) is 17.1 Å². The summed E-state index contributed by atoms with van der Waals surface area (Å²) in [5.74, 6) is -0.695. The number of rotatable bonds is 4. The first-order chi connectivity index (χ1) is 12.4. The zero-order chi connectivity index (χ0) is 20.4. The van der Waals surface area contributed by atoms with E-state index in [0.29, 0.717) is 18.7 Å². The van der Waals surface area contributed by atoms with Crippen molar-refractivity contribution in [3.8, 4) is 5.75 Å². The Morgan fingerprint density at radius 2 is 2.00 bits per heavy atom. The Balaban J connectivity index is 2.07. The fourth-order valence-electron chi connectivity index (χ4n) is 2.52. The van der Waals surface area contributed by atoms with Crippen LogP contribution in [0.5, 0.6) is 5.75 Å². The number of ether oxygens (including phenoxy) is 1. The first-order valence-electron chi connectivity index (χ1n) is 8.46. The van der Waals surface area contributed by atoms with Gasteiger partial charge in [-0.2, -0.15) is 0 Å². The quantitative estimate of drug-likeness (QED) is 0.745. The highest BCUT2D eigenvalue weighted by Crippen LogP contribution is 2.32. The monoisotopic (exact) mass is 399 g/mol. The van der Waals surface area contributed by atoms with Crippen molar-refractivity contribution in [1.82, 2.24) is 4.90 Å².